The fourth-order valence-electron chi connectivity index (χ4n) is 4.32. The van der Waals surface area contributed by atoms with Crippen molar-refractivity contribution in [2.75, 3.05) is 6.61 Å². The molecule has 1 unspecified atom stereocenters. The number of primary amides is 1. The van der Waals surface area contributed by atoms with Gasteiger partial charge in [0.2, 0.25) is 5.82 Å². The van der Waals surface area contributed by atoms with Crippen molar-refractivity contribution in [3.8, 4) is 0 Å². The van der Waals surface area contributed by atoms with Crippen LogP contribution in [0.25, 0.3) is 0 Å². The highest BCUT2D eigenvalue weighted by Gasteiger charge is 2.54. The molecular formula is C26H35N5O8. The maximum Gasteiger partial charge on any atom is 0.408 e. The summed E-state index contributed by atoms with van der Waals surface area (Å²) >= 11 is 0. The summed E-state index contributed by atoms with van der Waals surface area (Å²) in [6, 6.07) is 8.43. The van der Waals surface area contributed by atoms with Gasteiger partial charge in [0.05, 0.1) is 0 Å². The standard InChI is InChI=1S/C26H35N5O8/c1-6-14(2)17(29-25(34)39-26(3,4)5)23(33)35-12-16-18-19(38-24(37-18)15-10-8-7-9-11-15)22(36-16)31-13-28-21(30-31)20(27)32/h7-11,13-14,16-19,22,24H,6,12H2,1-5H3,(H2,27,32)(H,29,34)/t14-,16+,17-,18+,19+,22+,24?/m0/s1. The van der Waals surface area contributed by atoms with E-state index < -0.39 is 60.4 Å². The Kier molecular flexibility index (Phi) is 8.52. The maximum atomic E-state index is 13.1. The second kappa shape index (κ2) is 11.7. The third-order valence-electron chi connectivity index (χ3n) is 6.44. The molecule has 212 valence electrons. The number of esters is 1. The smallest absolute Gasteiger partial charge is 0.408 e. The molecule has 2 aliphatic rings. The number of ether oxygens (including phenoxy) is 5. The van der Waals surface area contributed by atoms with Crippen molar-refractivity contribution in [2.45, 2.75) is 83.5 Å². The molecule has 3 heterocycles. The van der Waals surface area contributed by atoms with Gasteiger partial charge in [-0.15, -0.1) is 5.10 Å². The average molecular weight is 546 g/mol. The molecule has 0 aliphatic carbocycles. The summed E-state index contributed by atoms with van der Waals surface area (Å²) in [6.45, 7) is 8.77. The highest BCUT2D eigenvalue weighted by atomic mass is 16.8. The topological polar surface area (TPSA) is 166 Å². The number of benzene rings is 1. The van der Waals surface area contributed by atoms with Crippen LogP contribution in [-0.4, -0.2) is 69.3 Å². The first kappa shape index (κ1) is 28.5. The number of carbonyl (C=O) groups is 3. The molecule has 2 aliphatic heterocycles. The number of amides is 2. The van der Waals surface area contributed by atoms with Gasteiger partial charge in [-0.05, 0) is 26.7 Å². The SMILES string of the molecule is CC[C@H](C)[C@H](NC(=O)OC(C)(C)C)C(=O)OC[C@H]1O[C@@H](n2cnc(C(N)=O)n2)[C@@H]2OC(c3ccccc3)O[C@@H]21. The summed E-state index contributed by atoms with van der Waals surface area (Å²) in [6.07, 6.45) is -2.30. The largest absolute Gasteiger partial charge is 0.461 e. The molecule has 4 rings (SSSR count). The van der Waals surface area contributed by atoms with Crippen LogP contribution >= 0.6 is 0 Å². The predicted octanol–water partition coefficient (Wildman–Crippen LogP) is 2.24. The quantitative estimate of drug-likeness (QED) is 0.446. The van der Waals surface area contributed by atoms with Gasteiger partial charge in [0.1, 0.15) is 42.9 Å². The zero-order chi connectivity index (χ0) is 28.3. The Morgan fingerprint density at radius 3 is 2.44 bits per heavy atom. The Morgan fingerprint density at radius 1 is 1.13 bits per heavy atom. The molecule has 2 amide bonds. The number of nitrogens with one attached hydrogen (secondary N) is 1. The summed E-state index contributed by atoms with van der Waals surface area (Å²) in [4.78, 5) is 40.9. The summed E-state index contributed by atoms with van der Waals surface area (Å²) in [5.41, 5.74) is 5.38. The van der Waals surface area contributed by atoms with Gasteiger partial charge in [-0.25, -0.2) is 19.3 Å². The lowest BCUT2D eigenvalue weighted by Gasteiger charge is -2.26. The van der Waals surface area contributed by atoms with Gasteiger partial charge in [0, 0.05) is 5.56 Å². The predicted molar refractivity (Wildman–Crippen MR) is 135 cm³/mol. The first-order valence-corrected chi connectivity index (χ1v) is 12.8. The zero-order valence-electron chi connectivity index (χ0n) is 22.6. The molecule has 13 nitrogen and oxygen atoms in total. The number of carbonyl (C=O) groups excluding carboxylic acids is 3. The molecule has 0 radical (unpaired) electrons. The number of nitrogens with two attached hydrogens (primary N) is 1. The van der Waals surface area contributed by atoms with Gasteiger partial charge in [-0.1, -0.05) is 50.6 Å². The molecule has 2 aromatic rings. The lowest BCUT2D eigenvalue weighted by molar-refractivity contribution is -0.170. The molecule has 0 spiro atoms. The fraction of sp³-hybridized carbons (Fsp3) is 0.577. The molecule has 2 fully saturated rings. The van der Waals surface area contributed by atoms with Gasteiger partial charge in [-0.3, -0.25) is 4.79 Å². The maximum absolute atomic E-state index is 13.1. The van der Waals surface area contributed by atoms with Crippen LogP contribution in [0.5, 0.6) is 0 Å². The monoisotopic (exact) mass is 545 g/mol. The minimum Gasteiger partial charge on any atom is -0.461 e. The van der Waals surface area contributed by atoms with Gasteiger partial charge >= 0.3 is 12.1 Å². The van der Waals surface area contributed by atoms with Crippen molar-refractivity contribution >= 4 is 18.0 Å². The van der Waals surface area contributed by atoms with Crippen LogP contribution in [-0.2, 0) is 28.5 Å². The Bertz CT molecular complexity index is 1170. The third kappa shape index (κ3) is 6.72. The second-order valence-electron chi connectivity index (χ2n) is 10.6. The first-order valence-electron chi connectivity index (χ1n) is 12.8. The number of rotatable bonds is 9. The highest BCUT2D eigenvalue weighted by Crippen LogP contribution is 2.44. The summed E-state index contributed by atoms with van der Waals surface area (Å²) in [7, 11) is 0. The van der Waals surface area contributed by atoms with Crippen molar-refractivity contribution in [2.24, 2.45) is 11.7 Å². The van der Waals surface area contributed by atoms with Gasteiger partial charge in [0.15, 0.2) is 12.5 Å². The molecule has 39 heavy (non-hydrogen) atoms. The van der Waals surface area contributed by atoms with E-state index in [4.69, 9.17) is 29.4 Å². The minimum absolute atomic E-state index is 0.173. The number of aromatic nitrogens is 3. The van der Waals surface area contributed by atoms with E-state index in [1.165, 1.54) is 11.0 Å². The molecule has 1 aromatic carbocycles. The Hall–Kier alpha value is -3.55. The van der Waals surface area contributed by atoms with Crippen LogP contribution in [0.1, 0.15) is 69.7 Å². The van der Waals surface area contributed by atoms with Gasteiger partial charge < -0.3 is 34.7 Å². The molecular weight excluding hydrogens is 510 g/mol. The lowest BCUT2D eigenvalue weighted by atomic mass is 9.99. The number of nitrogens with zero attached hydrogens (tertiary/aromatic N) is 3. The molecule has 1 aromatic heterocycles. The molecule has 7 atom stereocenters. The summed E-state index contributed by atoms with van der Waals surface area (Å²) in [5.74, 6) is -1.80. The number of hydrogen-bond donors (Lipinski definition) is 2. The van der Waals surface area contributed by atoms with E-state index >= 15 is 0 Å². The van der Waals surface area contributed by atoms with E-state index in [2.05, 4.69) is 15.4 Å². The zero-order valence-corrected chi connectivity index (χ0v) is 22.6. The Labute approximate surface area is 226 Å². The van der Waals surface area contributed by atoms with Crippen LogP contribution in [0, 0.1) is 5.92 Å². The van der Waals surface area contributed by atoms with E-state index in [-0.39, 0.29) is 18.3 Å². The van der Waals surface area contributed by atoms with Crippen LogP contribution in [0.15, 0.2) is 36.7 Å². The fourth-order valence-corrected chi connectivity index (χ4v) is 4.32. The summed E-state index contributed by atoms with van der Waals surface area (Å²) < 4.78 is 30.8. The Morgan fingerprint density at radius 2 is 1.82 bits per heavy atom. The van der Waals surface area contributed by atoms with Gasteiger partial charge in [0.25, 0.3) is 5.91 Å². The normalized spacial score (nSPS) is 25.9. The van der Waals surface area contributed by atoms with Crippen molar-refractivity contribution in [1.29, 1.82) is 0 Å². The molecule has 13 heteroatoms. The molecule has 2 saturated heterocycles. The van der Waals surface area contributed by atoms with Crippen LogP contribution < -0.4 is 11.1 Å². The van der Waals surface area contributed by atoms with E-state index in [1.54, 1.807) is 20.8 Å². The first-order chi connectivity index (χ1) is 18.5. The molecule has 3 N–H and O–H groups in total. The lowest BCUT2D eigenvalue weighted by Crippen LogP contribution is -2.48. The van der Waals surface area contributed by atoms with Crippen molar-refractivity contribution in [3.05, 3.63) is 48.0 Å². The third-order valence-corrected chi connectivity index (χ3v) is 6.44. The van der Waals surface area contributed by atoms with Gasteiger partial charge in [-0.2, -0.15) is 0 Å². The van der Waals surface area contributed by atoms with E-state index in [9.17, 15) is 14.4 Å². The average Bonchev–Trinajstić information content (AvgIpc) is 3.61. The van der Waals surface area contributed by atoms with E-state index in [1.807, 2.05) is 44.2 Å². The second-order valence-corrected chi connectivity index (χ2v) is 10.6. The number of fused-ring (bicyclic) bond motifs is 1. The summed E-state index contributed by atoms with van der Waals surface area (Å²) in [5, 5.41) is 6.73. The van der Waals surface area contributed by atoms with Crippen LogP contribution in [0.4, 0.5) is 4.79 Å². The molecule has 0 saturated carbocycles. The minimum atomic E-state index is -0.927. The van der Waals surface area contributed by atoms with Crippen molar-refractivity contribution in [3.63, 3.8) is 0 Å². The number of alkyl carbamates (subject to hydrolysis) is 1. The highest BCUT2D eigenvalue weighted by molar-refractivity contribution is 5.88. The molecule has 0 bridgehead atoms. The van der Waals surface area contributed by atoms with Crippen LogP contribution in [0.2, 0.25) is 0 Å². The van der Waals surface area contributed by atoms with Crippen molar-refractivity contribution < 1.29 is 38.1 Å². The van der Waals surface area contributed by atoms with Crippen molar-refractivity contribution in [1.82, 2.24) is 20.1 Å². The Balaban J connectivity index is 1.48. The van der Waals surface area contributed by atoms with E-state index in [0.717, 1.165) is 5.56 Å². The van der Waals surface area contributed by atoms with Crippen LogP contribution in [0.3, 0.4) is 0 Å². The number of hydrogen-bond acceptors (Lipinski definition) is 10. The van der Waals surface area contributed by atoms with E-state index in [0.29, 0.717) is 6.42 Å².